The normalized spacial score (nSPS) is 17.5. The molecule has 0 bridgehead atoms. The van der Waals surface area contributed by atoms with Gasteiger partial charge in [0.05, 0.1) is 13.3 Å². The molecule has 0 unspecified atom stereocenters. The summed E-state index contributed by atoms with van der Waals surface area (Å²) in [5.74, 6) is 0.841. The molecule has 1 fully saturated rings. The second-order valence-electron chi connectivity index (χ2n) is 4.16. The maximum atomic E-state index is 6.06. The van der Waals surface area contributed by atoms with E-state index in [1.807, 2.05) is 0 Å². The van der Waals surface area contributed by atoms with Crippen LogP contribution in [0.25, 0.3) is 0 Å². The predicted octanol–water partition coefficient (Wildman–Crippen LogP) is 2.28. The second-order valence-corrected chi connectivity index (χ2v) is 5.02. The van der Waals surface area contributed by atoms with Crippen molar-refractivity contribution < 1.29 is 4.74 Å². The summed E-state index contributed by atoms with van der Waals surface area (Å²) in [6, 6.07) is 0. The van der Waals surface area contributed by atoms with Gasteiger partial charge in [0.25, 0.3) is 0 Å². The Morgan fingerprint density at radius 2 is 2.27 bits per heavy atom. The summed E-state index contributed by atoms with van der Waals surface area (Å²) in [6.45, 7) is 0. The second kappa shape index (κ2) is 4.10. The average molecular weight is 271 g/mol. The highest BCUT2D eigenvalue weighted by atomic mass is 79.9. The molecule has 0 aromatic carbocycles. The standard InChI is InChI=1S/C11H15BrN2O/c1-15-10-7-14-6-9(12)8(10)2-3-11(13)4-5-11/h6-7H,2-5,13H2,1H3. The van der Waals surface area contributed by atoms with Gasteiger partial charge in [-0.15, -0.1) is 0 Å². The van der Waals surface area contributed by atoms with Crippen molar-refractivity contribution in [3.8, 4) is 5.75 Å². The van der Waals surface area contributed by atoms with Gasteiger partial charge in [0.2, 0.25) is 0 Å². The van der Waals surface area contributed by atoms with Crippen molar-refractivity contribution in [3.63, 3.8) is 0 Å². The van der Waals surface area contributed by atoms with Gasteiger partial charge in [0, 0.05) is 21.8 Å². The molecule has 0 spiro atoms. The van der Waals surface area contributed by atoms with Crippen LogP contribution < -0.4 is 10.5 Å². The molecule has 4 heteroatoms. The van der Waals surface area contributed by atoms with Crippen molar-refractivity contribution in [2.24, 2.45) is 5.73 Å². The van der Waals surface area contributed by atoms with Crippen LogP contribution in [0.15, 0.2) is 16.9 Å². The molecule has 0 saturated heterocycles. The van der Waals surface area contributed by atoms with Gasteiger partial charge in [0.1, 0.15) is 5.75 Å². The molecule has 15 heavy (non-hydrogen) atoms. The Labute approximate surface area is 98.2 Å². The Bertz CT molecular complexity index is 364. The first-order valence-electron chi connectivity index (χ1n) is 5.10. The van der Waals surface area contributed by atoms with E-state index in [1.54, 1.807) is 19.5 Å². The minimum absolute atomic E-state index is 0.0910. The van der Waals surface area contributed by atoms with Crippen LogP contribution in [-0.4, -0.2) is 17.6 Å². The van der Waals surface area contributed by atoms with Crippen LogP contribution in [0.2, 0.25) is 0 Å². The summed E-state index contributed by atoms with van der Waals surface area (Å²) >= 11 is 3.49. The Hall–Kier alpha value is -0.610. The van der Waals surface area contributed by atoms with Crippen molar-refractivity contribution in [2.75, 3.05) is 7.11 Å². The minimum atomic E-state index is 0.0910. The van der Waals surface area contributed by atoms with Gasteiger partial charge >= 0.3 is 0 Å². The molecule has 2 N–H and O–H groups in total. The van der Waals surface area contributed by atoms with Crippen LogP contribution in [0.4, 0.5) is 0 Å². The van der Waals surface area contributed by atoms with Crippen LogP contribution in [0.3, 0.4) is 0 Å². The Kier molecular flexibility index (Phi) is 2.98. The van der Waals surface area contributed by atoms with Crippen LogP contribution >= 0.6 is 15.9 Å². The lowest BCUT2D eigenvalue weighted by molar-refractivity contribution is 0.405. The van der Waals surface area contributed by atoms with Crippen molar-refractivity contribution in [1.82, 2.24) is 4.98 Å². The van der Waals surface area contributed by atoms with E-state index in [1.165, 1.54) is 5.56 Å². The fourth-order valence-corrected chi connectivity index (χ4v) is 2.16. The number of rotatable bonds is 4. The Balaban J connectivity index is 2.11. The molecule has 1 heterocycles. The first kappa shape index (κ1) is 10.9. The van der Waals surface area contributed by atoms with Crippen LogP contribution in [0.1, 0.15) is 24.8 Å². The van der Waals surface area contributed by atoms with Gasteiger partial charge in [0.15, 0.2) is 0 Å². The summed E-state index contributed by atoms with van der Waals surface area (Å²) in [5.41, 5.74) is 7.33. The SMILES string of the molecule is COc1cncc(Br)c1CCC1(N)CC1. The molecule has 3 nitrogen and oxygen atoms in total. The smallest absolute Gasteiger partial charge is 0.141 e. The third-order valence-corrected chi connectivity index (χ3v) is 3.63. The number of nitrogens with two attached hydrogens (primary N) is 1. The summed E-state index contributed by atoms with van der Waals surface area (Å²) in [6.07, 6.45) is 7.81. The molecular formula is C11H15BrN2O. The highest BCUT2D eigenvalue weighted by Gasteiger charge is 2.37. The van der Waals surface area contributed by atoms with Gasteiger partial charge in [-0.1, -0.05) is 0 Å². The fraction of sp³-hybridized carbons (Fsp3) is 0.545. The lowest BCUT2D eigenvalue weighted by atomic mass is 10.0. The molecule has 2 rings (SSSR count). The van der Waals surface area contributed by atoms with Crippen molar-refractivity contribution in [1.29, 1.82) is 0 Å². The predicted molar refractivity (Wildman–Crippen MR) is 63.0 cm³/mol. The number of hydrogen-bond acceptors (Lipinski definition) is 3. The molecule has 1 aromatic heterocycles. The molecule has 1 aromatic rings. The van der Waals surface area contributed by atoms with Crippen molar-refractivity contribution in [3.05, 3.63) is 22.4 Å². The quantitative estimate of drug-likeness (QED) is 0.913. The number of hydrogen-bond donors (Lipinski definition) is 1. The third-order valence-electron chi connectivity index (χ3n) is 2.95. The molecule has 0 radical (unpaired) electrons. The Morgan fingerprint density at radius 3 is 2.87 bits per heavy atom. The van der Waals surface area contributed by atoms with E-state index in [2.05, 4.69) is 20.9 Å². The molecule has 0 amide bonds. The zero-order valence-corrected chi connectivity index (χ0v) is 10.4. The highest BCUT2D eigenvalue weighted by Crippen LogP contribution is 2.38. The van der Waals surface area contributed by atoms with Crippen molar-refractivity contribution in [2.45, 2.75) is 31.2 Å². The zero-order valence-electron chi connectivity index (χ0n) is 8.79. The van der Waals surface area contributed by atoms with Gasteiger partial charge in [-0.2, -0.15) is 0 Å². The van der Waals surface area contributed by atoms with Gasteiger partial charge in [-0.05, 0) is 41.6 Å². The van der Waals surface area contributed by atoms with E-state index in [4.69, 9.17) is 10.5 Å². The molecule has 0 atom stereocenters. The molecule has 1 saturated carbocycles. The number of halogens is 1. The summed E-state index contributed by atoms with van der Waals surface area (Å²) < 4.78 is 6.28. The largest absolute Gasteiger partial charge is 0.495 e. The van der Waals surface area contributed by atoms with E-state index in [0.29, 0.717) is 0 Å². The molecule has 1 aliphatic rings. The lowest BCUT2D eigenvalue weighted by Crippen LogP contribution is -2.22. The van der Waals surface area contributed by atoms with Gasteiger partial charge in [-0.3, -0.25) is 4.98 Å². The number of aromatic nitrogens is 1. The maximum Gasteiger partial charge on any atom is 0.141 e. The first-order chi connectivity index (χ1) is 7.14. The van der Waals surface area contributed by atoms with E-state index < -0.39 is 0 Å². The van der Waals surface area contributed by atoms with E-state index in [9.17, 15) is 0 Å². The number of methoxy groups -OCH3 is 1. The summed E-state index contributed by atoms with van der Waals surface area (Å²) in [4.78, 5) is 4.07. The fourth-order valence-electron chi connectivity index (χ4n) is 1.65. The van der Waals surface area contributed by atoms with E-state index in [0.717, 1.165) is 35.9 Å². The summed E-state index contributed by atoms with van der Waals surface area (Å²) in [5, 5.41) is 0. The van der Waals surface area contributed by atoms with E-state index in [-0.39, 0.29) is 5.54 Å². The summed E-state index contributed by atoms with van der Waals surface area (Å²) in [7, 11) is 1.67. The minimum Gasteiger partial charge on any atom is -0.495 e. The topological polar surface area (TPSA) is 48.1 Å². The monoisotopic (exact) mass is 270 g/mol. The average Bonchev–Trinajstić information content (AvgIpc) is 2.95. The Morgan fingerprint density at radius 1 is 1.53 bits per heavy atom. The van der Waals surface area contributed by atoms with Crippen LogP contribution in [0, 0.1) is 0 Å². The lowest BCUT2D eigenvalue weighted by Gasteiger charge is -2.12. The van der Waals surface area contributed by atoms with Gasteiger partial charge in [-0.25, -0.2) is 0 Å². The number of ether oxygens (including phenoxy) is 1. The molecular weight excluding hydrogens is 256 g/mol. The highest BCUT2D eigenvalue weighted by molar-refractivity contribution is 9.10. The first-order valence-corrected chi connectivity index (χ1v) is 5.89. The van der Waals surface area contributed by atoms with E-state index >= 15 is 0 Å². The number of nitrogens with zero attached hydrogens (tertiary/aromatic N) is 1. The molecule has 1 aliphatic carbocycles. The maximum absolute atomic E-state index is 6.06. The van der Waals surface area contributed by atoms with Crippen molar-refractivity contribution >= 4 is 15.9 Å². The van der Waals surface area contributed by atoms with Gasteiger partial charge < -0.3 is 10.5 Å². The third kappa shape index (κ3) is 2.49. The molecule has 82 valence electrons. The molecule has 0 aliphatic heterocycles. The van der Waals surface area contributed by atoms with Crippen LogP contribution in [0.5, 0.6) is 5.75 Å². The zero-order chi connectivity index (χ0) is 10.9. The van der Waals surface area contributed by atoms with Crippen LogP contribution in [-0.2, 0) is 6.42 Å². The number of pyridine rings is 1.